The van der Waals surface area contributed by atoms with Crippen LogP contribution in [-0.4, -0.2) is 46.8 Å². The first kappa shape index (κ1) is 29.2. The number of hydrogen-bond acceptors (Lipinski definition) is 10. The van der Waals surface area contributed by atoms with E-state index in [1.165, 1.54) is 6.92 Å². The number of carbonyl (C=O) groups excluding carboxylic acids is 3. The molecule has 0 saturated carbocycles. The van der Waals surface area contributed by atoms with Gasteiger partial charge in [0.05, 0.1) is 23.5 Å². The average Bonchev–Trinajstić information content (AvgIpc) is 3.11. The Morgan fingerprint density at radius 3 is 1.95 bits per heavy atom. The lowest BCUT2D eigenvalue weighted by Crippen LogP contribution is -2.63. The number of amides is 1. The lowest BCUT2D eigenvalue weighted by molar-refractivity contribution is -0.175. The highest BCUT2D eigenvalue weighted by molar-refractivity contribution is 7.49. The molecule has 2 aromatic rings. The normalized spacial score (nSPS) is 21.2. The summed E-state index contributed by atoms with van der Waals surface area (Å²) >= 11 is 0. The van der Waals surface area contributed by atoms with Crippen LogP contribution in [-0.2, 0) is 32.9 Å². The van der Waals surface area contributed by atoms with Crippen LogP contribution in [0.15, 0.2) is 72.1 Å². The number of nitrogens with zero attached hydrogens (tertiary/aromatic N) is 1. The SMILES string of the molecule is C[C@@H](O)[C@H]1C(=O)N2C(C(=O)OCOC(=O)C(C)(C)C)=C(OP(=O)(Oc3ccccc3)Oc3ccccc3)[C@H](C)[C@@H]12. The van der Waals surface area contributed by atoms with Gasteiger partial charge in [0.15, 0.2) is 5.70 Å². The third kappa shape index (κ3) is 6.00. The third-order valence-corrected chi connectivity index (χ3v) is 7.71. The lowest BCUT2D eigenvalue weighted by Gasteiger charge is -2.46. The summed E-state index contributed by atoms with van der Waals surface area (Å²) in [6, 6.07) is 15.7. The Morgan fingerprint density at radius 2 is 1.48 bits per heavy atom. The van der Waals surface area contributed by atoms with Crippen LogP contribution < -0.4 is 9.05 Å². The summed E-state index contributed by atoms with van der Waals surface area (Å²) in [5, 5.41) is 10.2. The van der Waals surface area contributed by atoms with E-state index in [2.05, 4.69) is 0 Å². The van der Waals surface area contributed by atoms with Crippen molar-refractivity contribution >= 4 is 25.7 Å². The van der Waals surface area contributed by atoms with E-state index in [-0.39, 0.29) is 23.0 Å². The molecule has 0 aliphatic carbocycles. The molecular weight excluding hydrogens is 541 g/mol. The van der Waals surface area contributed by atoms with E-state index in [9.17, 15) is 24.1 Å². The highest BCUT2D eigenvalue weighted by Crippen LogP contribution is 2.57. The Hall–Kier alpha value is -3.82. The predicted molar refractivity (Wildman–Crippen MR) is 141 cm³/mol. The minimum Gasteiger partial charge on any atom is -0.427 e. The summed E-state index contributed by atoms with van der Waals surface area (Å²) < 4.78 is 41.6. The number of para-hydroxylation sites is 2. The van der Waals surface area contributed by atoms with Crippen molar-refractivity contribution in [3.8, 4) is 11.5 Å². The first-order valence-electron chi connectivity index (χ1n) is 12.7. The number of phosphoric acid groups is 1. The highest BCUT2D eigenvalue weighted by Gasteiger charge is 2.62. The van der Waals surface area contributed by atoms with Gasteiger partial charge in [-0.15, -0.1) is 0 Å². The number of hydrogen-bond donors (Lipinski definition) is 1. The van der Waals surface area contributed by atoms with E-state index in [1.807, 2.05) is 0 Å². The summed E-state index contributed by atoms with van der Waals surface area (Å²) in [6.45, 7) is 7.33. The second-order valence-electron chi connectivity index (χ2n) is 10.5. The number of β-lactam (4-membered cyclic amide) rings is 1. The number of esters is 2. The largest absolute Gasteiger partial charge is 0.646 e. The molecule has 11 nitrogen and oxygen atoms in total. The number of ether oxygens (including phenoxy) is 2. The van der Waals surface area contributed by atoms with Gasteiger partial charge in [-0.2, -0.15) is 4.57 Å². The van der Waals surface area contributed by atoms with E-state index in [0.29, 0.717) is 0 Å². The van der Waals surface area contributed by atoms with Gasteiger partial charge in [0.1, 0.15) is 17.3 Å². The fourth-order valence-corrected chi connectivity index (χ4v) is 5.82. The number of carbonyl (C=O) groups is 3. The summed E-state index contributed by atoms with van der Waals surface area (Å²) in [5.41, 5.74) is -1.17. The molecule has 12 heteroatoms. The summed E-state index contributed by atoms with van der Waals surface area (Å²) in [4.78, 5) is 39.5. The van der Waals surface area contributed by atoms with Gasteiger partial charge in [0.25, 0.3) is 0 Å². The van der Waals surface area contributed by atoms with Crippen molar-refractivity contribution in [2.75, 3.05) is 6.79 Å². The molecule has 0 spiro atoms. The van der Waals surface area contributed by atoms with Gasteiger partial charge in [-0.3, -0.25) is 14.5 Å². The smallest absolute Gasteiger partial charge is 0.427 e. The van der Waals surface area contributed by atoms with Gasteiger partial charge >= 0.3 is 19.8 Å². The molecule has 4 atom stereocenters. The number of fused-ring (bicyclic) bond motifs is 1. The molecule has 1 amide bonds. The summed E-state index contributed by atoms with van der Waals surface area (Å²) in [5.74, 6) is -3.55. The van der Waals surface area contributed by atoms with Crippen LogP contribution in [0.4, 0.5) is 0 Å². The Morgan fingerprint density at radius 1 is 0.950 bits per heavy atom. The second kappa shape index (κ2) is 11.3. The van der Waals surface area contributed by atoms with E-state index < -0.39 is 61.9 Å². The van der Waals surface area contributed by atoms with Crippen molar-refractivity contribution < 1.29 is 47.1 Å². The third-order valence-electron chi connectivity index (χ3n) is 6.43. The van der Waals surface area contributed by atoms with Gasteiger partial charge in [0.2, 0.25) is 12.7 Å². The number of aliphatic hydroxyl groups excluding tert-OH is 1. The summed E-state index contributed by atoms with van der Waals surface area (Å²) in [7, 11) is -4.53. The minimum atomic E-state index is -4.53. The van der Waals surface area contributed by atoms with Gasteiger partial charge in [0, 0.05) is 5.92 Å². The average molecular weight is 574 g/mol. The monoisotopic (exact) mass is 573 g/mol. The molecular formula is C28H32NO10P. The predicted octanol–water partition coefficient (Wildman–Crippen LogP) is 4.43. The van der Waals surface area contributed by atoms with Gasteiger partial charge in [-0.25, -0.2) is 4.79 Å². The van der Waals surface area contributed by atoms with Crippen LogP contribution in [0, 0.1) is 17.3 Å². The Bertz CT molecular complexity index is 1290. The van der Waals surface area contributed by atoms with Gasteiger partial charge < -0.3 is 28.2 Å². The topological polar surface area (TPSA) is 138 Å². The van der Waals surface area contributed by atoms with E-state index >= 15 is 0 Å². The lowest BCUT2D eigenvalue weighted by atomic mass is 9.79. The molecule has 0 radical (unpaired) electrons. The first-order valence-corrected chi connectivity index (χ1v) is 14.2. The molecule has 2 heterocycles. The molecule has 1 N–H and O–H groups in total. The molecule has 0 unspecified atom stereocenters. The van der Waals surface area contributed by atoms with Crippen LogP contribution in [0.5, 0.6) is 11.5 Å². The van der Waals surface area contributed by atoms with E-state index in [1.54, 1.807) is 88.4 Å². The van der Waals surface area contributed by atoms with Crippen molar-refractivity contribution in [2.24, 2.45) is 17.3 Å². The van der Waals surface area contributed by atoms with Crippen LogP contribution in [0.25, 0.3) is 0 Å². The molecule has 0 aromatic heterocycles. The zero-order valence-corrected chi connectivity index (χ0v) is 23.7. The van der Waals surface area contributed by atoms with Crippen LogP contribution in [0.1, 0.15) is 34.6 Å². The highest BCUT2D eigenvalue weighted by atomic mass is 31.2. The molecule has 214 valence electrons. The van der Waals surface area contributed by atoms with Gasteiger partial charge in [-0.1, -0.05) is 43.3 Å². The molecule has 2 aliphatic heterocycles. The molecule has 40 heavy (non-hydrogen) atoms. The summed E-state index contributed by atoms with van der Waals surface area (Å²) in [6.07, 6.45) is -1.02. The second-order valence-corrected chi connectivity index (χ2v) is 12.0. The zero-order chi connectivity index (χ0) is 29.2. The maximum atomic E-state index is 14.1. The number of aliphatic hydroxyl groups is 1. The molecule has 0 bridgehead atoms. The molecule has 2 aromatic carbocycles. The first-order chi connectivity index (χ1) is 18.8. The van der Waals surface area contributed by atoms with E-state index in [0.717, 1.165) is 4.90 Å². The Kier molecular flexibility index (Phi) is 8.28. The Balaban J connectivity index is 1.68. The standard InChI is InChI=1S/C28H32NO10P/c1-17-22-21(18(2)30)25(31)29(22)23(26(32)35-16-36-27(33)28(3,4)5)24(17)39-40(34,37-19-12-8-6-9-13-19)38-20-14-10-7-11-15-20/h6-15,17-18,21-22,30H,16H2,1-5H3/t17-,18-,21-,22+/m1/s1. The van der Waals surface area contributed by atoms with Crippen LogP contribution in [0.2, 0.25) is 0 Å². The zero-order valence-electron chi connectivity index (χ0n) is 22.8. The van der Waals surface area contributed by atoms with Gasteiger partial charge in [-0.05, 0) is 52.0 Å². The van der Waals surface area contributed by atoms with Crippen molar-refractivity contribution in [3.05, 3.63) is 72.1 Å². The minimum absolute atomic E-state index is 0.174. The maximum Gasteiger partial charge on any atom is 0.646 e. The fraction of sp³-hybridized carbons (Fsp3) is 0.393. The van der Waals surface area contributed by atoms with Crippen LogP contribution >= 0.6 is 7.82 Å². The fourth-order valence-electron chi connectivity index (χ4n) is 4.45. The number of phosphoric ester groups is 1. The molecule has 4 rings (SSSR count). The number of rotatable bonds is 10. The number of benzene rings is 2. The molecule has 2 aliphatic rings. The molecule has 1 saturated heterocycles. The van der Waals surface area contributed by atoms with Crippen molar-refractivity contribution in [1.29, 1.82) is 0 Å². The Labute approximate surface area is 232 Å². The van der Waals surface area contributed by atoms with Crippen molar-refractivity contribution in [2.45, 2.75) is 46.8 Å². The maximum absolute atomic E-state index is 14.1. The van der Waals surface area contributed by atoms with Crippen LogP contribution in [0.3, 0.4) is 0 Å². The van der Waals surface area contributed by atoms with E-state index in [4.69, 9.17) is 23.0 Å². The quantitative estimate of drug-likeness (QED) is 0.188. The molecule has 1 fully saturated rings. The van der Waals surface area contributed by atoms with Crippen molar-refractivity contribution in [1.82, 2.24) is 4.90 Å². The van der Waals surface area contributed by atoms with Crippen molar-refractivity contribution in [3.63, 3.8) is 0 Å².